The van der Waals surface area contributed by atoms with Crippen molar-refractivity contribution in [1.29, 1.82) is 0 Å². The molecule has 3 heteroatoms. The van der Waals surface area contributed by atoms with Crippen LogP contribution in [0.1, 0.15) is 31.1 Å². The highest BCUT2D eigenvalue weighted by molar-refractivity contribution is 7.09. The average molecular weight is 255 g/mol. The standard InChI is InChI=1S/C14H25NOS/c1-12(9-10-16-3)14(15-2)8-4-6-13-7-5-11-17-13/h5,7,11-12,14-15H,4,6,8-10H2,1-3H3. The summed E-state index contributed by atoms with van der Waals surface area (Å²) in [5.41, 5.74) is 0. The lowest BCUT2D eigenvalue weighted by Gasteiger charge is -2.23. The van der Waals surface area contributed by atoms with Gasteiger partial charge in [-0.1, -0.05) is 13.0 Å². The van der Waals surface area contributed by atoms with Crippen LogP contribution in [-0.2, 0) is 11.2 Å². The van der Waals surface area contributed by atoms with Crippen LogP contribution in [0.5, 0.6) is 0 Å². The average Bonchev–Trinajstić information content (AvgIpc) is 2.84. The fourth-order valence-electron chi connectivity index (χ4n) is 2.17. The Morgan fingerprint density at radius 1 is 1.41 bits per heavy atom. The minimum atomic E-state index is 0.616. The summed E-state index contributed by atoms with van der Waals surface area (Å²) >= 11 is 1.86. The van der Waals surface area contributed by atoms with Gasteiger partial charge < -0.3 is 10.1 Å². The molecule has 1 heterocycles. The molecular weight excluding hydrogens is 230 g/mol. The summed E-state index contributed by atoms with van der Waals surface area (Å²) in [7, 11) is 3.84. The number of hydrogen-bond donors (Lipinski definition) is 1. The summed E-state index contributed by atoms with van der Waals surface area (Å²) in [6.45, 7) is 3.18. The van der Waals surface area contributed by atoms with Gasteiger partial charge in [0.2, 0.25) is 0 Å². The van der Waals surface area contributed by atoms with E-state index in [1.54, 1.807) is 7.11 Å². The van der Waals surface area contributed by atoms with Crippen molar-refractivity contribution in [2.75, 3.05) is 20.8 Å². The van der Waals surface area contributed by atoms with Gasteiger partial charge in [-0.2, -0.15) is 0 Å². The summed E-state index contributed by atoms with van der Waals surface area (Å²) < 4.78 is 5.14. The normalized spacial score (nSPS) is 14.8. The Morgan fingerprint density at radius 2 is 2.24 bits per heavy atom. The zero-order valence-corrected chi connectivity index (χ0v) is 12.1. The van der Waals surface area contributed by atoms with Crippen molar-refractivity contribution in [2.24, 2.45) is 5.92 Å². The molecule has 0 saturated carbocycles. The molecule has 2 nitrogen and oxygen atoms in total. The van der Waals surface area contributed by atoms with Gasteiger partial charge >= 0.3 is 0 Å². The third kappa shape index (κ3) is 5.66. The minimum Gasteiger partial charge on any atom is -0.385 e. The first kappa shape index (κ1) is 14.7. The first-order valence-electron chi connectivity index (χ1n) is 6.46. The van der Waals surface area contributed by atoms with E-state index in [1.165, 1.54) is 24.1 Å². The van der Waals surface area contributed by atoms with Gasteiger partial charge in [0.05, 0.1) is 0 Å². The molecule has 2 unspecified atom stereocenters. The van der Waals surface area contributed by atoms with E-state index >= 15 is 0 Å². The molecule has 1 rings (SSSR count). The second-order valence-corrected chi connectivity index (χ2v) is 5.66. The van der Waals surface area contributed by atoms with Crippen molar-refractivity contribution in [3.63, 3.8) is 0 Å². The van der Waals surface area contributed by atoms with Gasteiger partial charge in [-0.05, 0) is 50.1 Å². The molecule has 1 aromatic heterocycles. The largest absolute Gasteiger partial charge is 0.385 e. The summed E-state index contributed by atoms with van der Waals surface area (Å²) in [4.78, 5) is 1.50. The van der Waals surface area contributed by atoms with Gasteiger partial charge in [0.1, 0.15) is 0 Å². The molecule has 0 aliphatic heterocycles. The predicted octanol–water partition coefficient (Wildman–Crippen LogP) is 3.33. The van der Waals surface area contributed by atoms with E-state index in [2.05, 4.69) is 36.8 Å². The van der Waals surface area contributed by atoms with E-state index < -0.39 is 0 Å². The molecule has 17 heavy (non-hydrogen) atoms. The Balaban J connectivity index is 2.21. The Morgan fingerprint density at radius 3 is 2.82 bits per heavy atom. The summed E-state index contributed by atoms with van der Waals surface area (Å²) in [5, 5.41) is 5.60. The zero-order valence-electron chi connectivity index (χ0n) is 11.2. The first-order valence-corrected chi connectivity index (χ1v) is 7.34. The monoisotopic (exact) mass is 255 g/mol. The smallest absolute Gasteiger partial charge is 0.0465 e. The lowest BCUT2D eigenvalue weighted by atomic mass is 9.94. The van der Waals surface area contributed by atoms with Gasteiger partial charge in [0, 0.05) is 24.6 Å². The maximum Gasteiger partial charge on any atom is 0.0465 e. The number of rotatable bonds is 9. The van der Waals surface area contributed by atoms with E-state index in [1.807, 2.05) is 11.3 Å². The molecule has 2 atom stereocenters. The summed E-state index contributed by atoms with van der Waals surface area (Å²) in [6.07, 6.45) is 4.87. The molecule has 0 radical (unpaired) electrons. The third-order valence-electron chi connectivity index (χ3n) is 3.35. The number of nitrogens with one attached hydrogen (secondary N) is 1. The fraction of sp³-hybridized carbons (Fsp3) is 0.714. The molecule has 0 bridgehead atoms. The zero-order chi connectivity index (χ0) is 12.5. The van der Waals surface area contributed by atoms with Crippen LogP contribution in [0.2, 0.25) is 0 Å². The van der Waals surface area contributed by atoms with E-state index in [0.29, 0.717) is 12.0 Å². The van der Waals surface area contributed by atoms with E-state index in [0.717, 1.165) is 13.0 Å². The quantitative estimate of drug-likeness (QED) is 0.731. The van der Waals surface area contributed by atoms with Gasteiger partial charge in [0.25, 0.3) is 0 Å². The highest BCUT2D eigenvalue weighted by atomic mass is 32.1. The molecule has 1 N–H and O–H groups in total. The molecule has 1 aromatic rings. The van der Waals surface area contributed by atoms with Crippen molar-refractivity contribution in [2.45, 2.75) is 38.6 Å². The second-order valence-electron chi connectivity index (χ2n) is 4.63. The maximum absolute atomic E-state index is 5.14. The predicted molar refractivity (Wildman–Crippen MR) is 75.8 cm³/mol. The third-order valence-corrected chi connectivity index (χ3v) is 4.29. The summed E-state index contributed by atoms with van der Waals surface area (Å²) in [6, 6.07) is 4.98. The van der Waals surface area contributed by atoms with Crippen LogP contribution in [0.15, 0.2) is 17.5 Å². The Hall–Kier alpha value is -0.380. The Labute approximate surface area is 109 Å². The van der Waals surface area contributed by atoms with Crippen molar-refractivity contribution in [3.8, 4) is 0 Å². The van der Waals surface area contributed by atoms with Gasteiger partial charge in [-0.15, -0.1) is 11.3 Å². The van der Waals surface area contributed by atoms with Crippen LogP contribution in [-0.4, -0.2) is 26.8 Å². The number of thiophene rings is 1. The Bertz CT molecular complexity index is 274. The summed E-state index contributed by atoms with van der Waals surface area (Å²) in [5.74, 6) is 0.684. The first-order chi connectivity index (χ1) is 8.27. The molecule has 98 valence electrons. The van der Waals surface area contributed by atoms with Gasteiger partial charge in [-0.3, -0.25) is 0 Å². The number of ether oxygens (including phenoxy) is 1. The van der Waals surface area contributed by atoms with Crippen LogP contribution < -0.4 is 5.32 Å². The van der Waals surface area contributed by atoms with Crippen molar-refractivity contribution in [1.82, 2.24) is 5.32 Å². The van der Waals surface area contributed by atoms with Crippen LogP contribution in [0.4, 0.5) is 0 Å². The molecule has 0 saturated heterocycles. The van der Waals surface area contributed by atoms with Gasteiger partial charge in [0.15, 0.2) is 0 Å². The van der Waals surface area contributed by atoms with Crippen molar-refractivity contribution >= 4 is 11.3 Å². The molecule has 0 aromatic carbocycles. The van der Waals surface area contributed by atoms with E-state index in [9.17, 15) is 0 Å². The number of methoxy groups -OCH3 is 1. The molecule has 0 aliphatic rings. The van der Waals surface area contributed by atoms with E-state index in [-0.39, 0.29) is 0 Å². The lowest BCUT2D eigenvalue weighted by molar-refractivity contribution is 0.169. The molecule has 0 spiro atoms. The van der Waals surface area contributed by atoms with Crippen LogP contribution in [0, 0.1) is 5.92 Å². The van der Waals surface area contributed by atoms with Crippen molar-refractivity contribution < 1.29 is 4.74 Å². The fourth-order valence-corrected chi connectivity index (χ4v) is 2.92. The van der Waals surface area contributed by atoms with Crippen LogP contribution >= 0.6 is 11.3 Å². The highest BCUT2D eigenvalue weighted by Crippen LogP contribution is 2.17. The van der Waals surface area contributed by atoms with E-state index in [4.69, 9.17) is 4.74 Å². The van der Waals surface area contributed by atoms with Gasteiger partial charge in [-0.25, -0.2) is 0 Å². The molecule has 0 aliphatic carbocycles. The van der Waals surface area contributed by atoms with Crippen LogP contribution in [0.25, 0.3) is 0 Å². The molecule has 0 amide bonds. The number of hydrogen-bond acceptors (Lipinski definition) is 3. The number of aryl methyl sites for hydroxylation is 1. The lowest BCUT2D eigenvalue weighted by Crippen LogP contribution is -2.32. The second kappa shape index (κ2) is 8.67. The van der Waals surface area contributed by atoms with Crippen molar-refractivity contribution in [3.05, 3.63) is 22.4 Å². The topological polar surface area (TPSA) is 21.3 Å². The SMILES string of the molecule is CNC(CCCc1cccs1)C(C)CCOC. The maximum atomic E-state index is 5.14. The highest BCUT2D eigenvalue weighted by Gasteiger charge is 2.14. The Kier molecular flexibility index (Phi) is 7.49. The molecule has 0 fully saturated rings. The molecular formula is C14H25NOS. The van der Waals surface area contributed by atoms with Crippen LogP contribution in [0.3, 0.4) is 0 Å². The minimum absolute atomic E-state index is 0.616.